The maximum absolute atomic E-state index is 3.44. The molecule has 0 N–H and O–H groups in total. The van der Waals surface area contributed by atoms with E-state index < -0.39 is 0 Å². The molecule has 0 aliphatic carbocycles. The molecular formula is C12H17Br. The average molecular weight is 241 g/mol. The molecule has 0 aromatic heterocycles. The molecule has 0 atom stereocenters. The molecule has 1 aromatic rings. The summed E-state index contributed by atoms with van der Waals surface area (Å²) in [6, 6.07) is 8.65. The zero-order chi connectivity index (χ0) is 9.52. The van der Waals surface area contributed by atoms with Gasteiger partial charge >= 0.3 is 0 Å². The van der Waals surface area contributed by atoms with Gasteiger partial charge in [0.1, 0.15) is 0 Å². The van der Waals surface area contributed by atoms with Crippen molar-refractivity contribution >= 4 is 15.9 Å². The molecule has 0 saturated heterocycles. The van der Waals surface area contributed by atoms with Gasteiger partial charge in [0.25, 0.3) is 0 Å². The Labute approximate surface area is 89.5 Å². The van der Waals surface area contributed by atoms with Crippen LogP contribution in [0.1, 0.15) is 38.2 Å². The first-order valence-corrected chi connectivity index (χ1v) is 5.86. The molecule has 0 unspecified atom stereocenters. The van der Waals surface area contributed by atoms with Crippen LogP contribution in [0.2, 0.25) is 0 Å². The van der Waals surface area contributed by atoms with Gasteiger partial charge < -0.3 is 0 Å². The van der Waals surface area contributed by atoms with Gasteiger partial charge in [0.05, 0.1) is 0 Å². The Morgan fingerprint density at radius 2 is 1.69 bits per heavy atom. The van der Waals surface area contributed by atoms with Crippen LogP contribution in [-0.4, -0.2) is 0 Å². The molecule has 0 amide bonds. The van der Waals surface area contributed by atoms with E-state index >= 15 is 0 Å². The van der Waals surface area contributed by atoms with E-state index in [1.165, 1.54) is 42.1 Å². The largest absolute Gasteiger partial charge is 0.0654 e. The van der Waals surface area contributed by atoms with E-state index in [0.717, 1.165) is 0 Å². The molecule has 0 nitrogen and oxygen atoms in total. The number of aryl methyl sites for hydroxylation is 1. The molecular weight excluding hydrogens is 224 g/mol. The van der Waals surface area contributed by atoms with Crippen molar-refractivity contribution in [3.8, 4) is 0 Å². The van der Waals surface area contributed by atoms with Gasteiger partial charge in [0.15, 0.2) is 0 Å². The normalized spacial score (nSPS) is 10.3. The molecule has 1 heteroatoms. The van der Waals surface area contributed by atoms with Crippen LogP contribution in [0, 0.1) is 0 Å². The smallest absolute Gasteiger partial charge is 0.0175 e. The third-order valence-electron chi connectivity index (χ3n) is 2.23. The molecule has 72 valence electrons. The monoisotopic (exact) mass is 240 g/mol. The van der Waals surface area contributed by atoms with Gasteiger partial charge in [-0.2, -0.15) is 0 Å². The number of halogens is 1. The van der Waals surface area contributed by atoms with Crippen LogP contribution in [-0.2, 0) is 6.42 Å². The van der Waals surface area contributed by atoms with Gasteiger partial charge in [-0.25, -0.2) is 0 Å². The predicted octanol–water partition coefficient (Wildman–Crippen LogP) is 4.57. The maximum Gasteiger partial charge on any atom is 0.0175 e. The Kier molecular flexibility index (Phi) is 5.14. The van der Waals surface area contributed by atoms with Crippen LogP contribution in [0.3, 0.4) is 0 Å². The van der Waals surface area contributed by atoms with Gasteiger partial charge in [-0.15, -0.1) is 0 Å². The first-order valence-electron chi connectivity index (χ1n) is 5.07. The zero-order valence-corrected chi connectivity index (χ0v) is 9.81. The topological polar surface area (TPSA) is 0 Å². The summed E-state index contributed by atoms with van der Waals surface area (Å²) in [4.78, 5) is 0. The Hall–Kier alpha value is -0.300. The highest BCUT2D eigenvalue weighted by atomic mass is 79.9. The Balaban J connectivity index is 2.25. The molecule has 0 aliphatic rings. The van der Waals surface area contributed by atoms with Crippen molar-refractivity contribution in [3.63, 3.8) is 0 Å². The molecule has 0 heterocycles. The fraction of sp³-hybridized carbons (Fsp3) is 0.500. The van der Waals surface area contributed by atoms with Gasteiger partial charge in [-0.1, -0.05) is 54.2 Å². The van der Waals surface area contributed by atoms with Crippen molar-refractivity contribution in [2.75, 3.05) is 0 Å². The Morgan fingerprint density at radius 1 is 1.00 bits per heavy atom. The summed E-state index contributed by atoms with van der Waals surface area (Å²) in [7, 11) is 0. The average Bonchev–Trinajstić information content (AvgIpc) is 2.15. The van der Waals surface area contributed by atoms with Crippen molar-refractivity contribution in [2.45, 2.75) is 39.0 Å². The van der Waals surface area contributed by atoms with Crippen molar-refractivity contribution in [2.24, 2.45) is 0 Å². The van der Waals surface area contributed by atoms with E-state index in [-0.39, 0.29) is 0 Å². The van der Waals surface area contributed by atoms with Crippen LogP contribution < -0.4 is 0 Å². The summed E-state index contributed by atoms with van der Waals surface area (Å²) in [5, 5.41) is 0. The highest BCUT2D eigenvalue weighted by Crippen LogP contribution is 2.13. The third kappa shape index (κ3) is 4.47. The van der Waals surface area contributed by atoms with Crippen LogP contribution in [0.5, 0.6) is 0 Å². The number of benzene rings is 1. The summed E-state index contributed by atoms with van der Waals surface area (Å²) < 4.78 is 1.17. The molecule has 1 aromatic carbocycles. The number of hydrogen-bond acceptors (Lipinski definition) is 0. The molecule has 0 bridgehead atoms. The van der Waals surface area contributed by atoms with E-state index in [2.05, 4.69) is 47.1 Å². The van der Waals surface area contributed by atoms with E-state index in [4.69, 9.17) is 0 Å². The molecule has 0 spiro atoms. The lowest BCUT2D eigenvalue weighted by Crippen LogP contribution is -1.84. The summed E-state index contributed by atoms with van der Waals surface area (Å²) in [6.07, 6.45) is 6.62. The van der Waals surface area contributed by atoms with E-state index in [9.17, 15) is 0 Å². The summed E-state index contributed by atoms with van der Waals surface area (Å²) in [5.74, 6) is 0. The van der Waals surface area contributed by atoms with Gasteiger partial charge in [0, 0.05) is 4.47 Å². The first kappa shape index (κ1) is 10.8. The summed E-state index contributed by atoms with van der Waals surface area (Å²) >= 11 is 3.44. The fourth-order valence-electron chi connectivity index (χ4n) is 1.41. The highest BCUT2D eigenvalue weighted by molar-refractivity contribution is 9.10. The molecule has 0 radical (unpaired) electrons. The van der Waals surface area contributed by atoms with Crippen LogP contribution in [0.4, 0.5) is 0 Å². The lowest BCUT2D eigenvalue weighted by atomic mass is 10.1. The van der Waals surface area contributed by atoms with Crippen molar-refractivity contribution in [1.29, 1.82) is 0 Å². The summed E-state index contributed by atoms with van der Waals surface area (Å²) in [6.45, 7) is 2.25. The predicted molar refractivity (Wildman–Crippen MR) is 62.0 cm³/mol. The van der Waals surface area contributed by atoms with Crippen LogP contribution in [0.15, 0.2) is 28.7 Å². The third-order valence-corrected chi connectivity index (χ3v) is 2.76. The lowest BCUT2D eigenvalue weighted by molar-refractivity contribution is 0.667. The standard InChI is InChI=1S/C12H17Br/c1-2-3-4-5-6-11-7-9-12(13)10-8-11/h7-10H,2-6H2,1H3. The second-order valence-corrected chi connectivity index (χ2v) is 4.35. The number of hydrogen-bond donors (Lipinski definition) is 0. The minimum absolute atomic E-state index is 1.17. The van der Waals surface area contributed by atoms with Crippen molar-refractivity contribution in [3.05, 3.63) is 34.3 Å². The number of unbranched alkanes of at least 4 members (excludes halogenated alkanes) is 3. The van der Waals surface area contributed by atoms with Crippen molar-refractivity contribution < 1.29 is 0 Å². The fourth-order valence-corrected chi connectivity index (χ4v) is 1.67. The Morgan fingerprint density at radius 3 is 2.31 bits per heavy atom. The van der Waals surface area contributed by atoms with E-state index in [1.54, 1.807) is 0 Å². The lowest BCUT2D eigenvalue weighted by Gasteiger charge is -2.00. The summed E-state index contributed by atoms with van der Waals surface area (Å²) in [5.41, 5.74) is 1.46. The molecule has 0 aliphatic heterocycles. The van der Waals surface area contributed by atoms with Crippen LogP contribution >= 0.6 is 15.9 Å². The van der Waals surface area contributed by atoms with E-state index in [1.807, 2.05) is 0 Å². The zero-order valence-electron chi connectivity index (χ0n) is 8.22. The first-order chi connectivity index (χ1) is 6.33. The number of rotatable bonds is 5. The SMILES string of the molecule is CCCCCCc1ccc(Br)cc1. The van der Waals surface area contributed by atoms with Gasteiger partial charge in [-0.05, 0) is 30.5 Å². The second-order valence-electron chi connectivity index (χ2n) is 3.44. The molecule has 13 heavy (non-hydrogen) atoms. The minimum Gasteiger partial charge on any atom is -0.0654 e. The molecule has 0 fully saturated rings. The van der Waals surface area contributed by atoms with Gasteiger partial charge in [0.2, 0.25) is 0 Å². The van der Waals surface area contributed by atoms with Crippen LogP contribution in [0.25, 0.3) is 0 Å². The van der Waals surface area contributed by atoms with Gasteiger partial charge in [-0.3, -0.25) is 0 Å². The van der Waals surface area contributed by atoms with E-state index in [0.29, 0.717) is 0 Å². The van der Waals surface area contributed by atoms with Crippen molar-refractivity contribution in [1.82, 2.24) is 0 Å². The highest BCUT2D eigenvalue weighted by Gasteiger charge is 1.92. The maximum atomic E-state index is 3.44. The Bertz CT molecular complexity index is 225. The minimum atomic E-state index is 1.17. The quantitative estimate of drug-likeness (QED) is 0.662. The molecule has 0 saturated carbocycles. The second kappa shape index (κ2) is 6.20. The molecule has 1 rings (SSSR count).